The largest absolute Gasteiger partial charge is 0.447 e. The van der Waals surface area contributed by atoms with Crippen LogP contribution < -0.4 is 10.6 Å². The van der Waals surface area contributed by atoms with Gasteiger partial charge in [-0.05, 0) is 64.5 Å². The average molecular weight is 560 g/mol. The summed E-state index contributed by atoms with van der Waals surface area (Å²) in [6.45, 7) is 3.50. The Kier molecular flexibility index (Phi) is 7.73. The molecule has 0 aliphatic heterocycles. The summed E-state index contributed by atoms with van der Waals surface area (Å²) in [6.07, 6.45) is 6.10. The lowest BCUT2D eigenvalue weighted by atomic mass is 9.86. The monoisotopic (exact) mass is 559 g/mol. The Labute approximate surface area is 226 Å². The number of benzene rings is 1. The number of sulfone groups is 1. The molecule has 38 heavy (non-hydrogen) atoms. The third-order valence-corrected chi connectivity index (χ3v) is 10.3. The molecule has 5 rings (SSSR count). The van der Waals surface area contributed by atoms with Crippen LogP contribution in [0.4, 0.5) is 16.3 Å². The van der Waals surface area contributed by atoms with Gasteiger partial charge in [0.1, 0.15) is 0 Å². The number of aliphatic hydroxyl groups excluding tert-OH is 1. The number of alkyl carbamates (subject to hydrolysis) is 1. The van der Waals surface area contributed by atoms with Crippen LogP contribution in [0.2, 0.25) is 0 Å². The lowest BCUT2D eigenvalue weighted by molar-refractivity contribution is 0.109. The zero-order chi connectivity index (χ0) is 26.9. The van der Waals surface area contributed by atoms with E-state index >= 15 is 0 Å². The van der Waals surface area contributed by atoms with Crippen molar-refractivity contribution < 1.29 is 23.1 Å². The van der Waals surface area contributed by atoms with Crippen molar-refractivity contribution in [3.63, 3.8) is 0 Å². The van der Waals surface area contributed by atoms with E-state index in [-0.39, 0.29) is 36.0 Å². The molecule has 12 heteroatoms. The molecular formula is C26H33N5O5S2. The molecule has 0 spiro atoms. The van der Waals surface area contributed by atoms with Gasteiger partial charge in [0.15, 0.2) is 15.7 Å². The molecule has 0 unspecified atom stereocenters. The second-order valence-electron chi connectivity index (χ2n) is 10.2. The number of nitrogens with one attached hydrogen (secondary N) is 3. The number of aromatic nitrogens is 3. The van der Waals surface area contributed by atoms with Crippen LogP contribution in [0, 0.1) is 0 Å². The van der Waals surface area contributed by atoms with E-state index in [2.05, 4.69) is 25.8 Å². The van der Waals surface area contributed by atoms with Crippen molar-refractivity contribution in [2.24, 2.45) is 0 Å². The van der Waals surface area contributed by atoms with Crippen LogP contribution in [0.3, 0.4) is 0 Å². The fraction of sp³-hybridized carbons (Fsp3) is 0.500. The van der Waals surface area contributed by atoms with Gasteiger partial charge in [0, 0.05) is 35.5 Å². The number of rotatable bonds is 9. The fourth-order valence-corrected chi connectivity index (χ4v) is 7.83. The van der Waals surface area contributed by atoms with Gasteiger partial charge in [0.05, 0.1) is 38.4 Å². The molecule has 2 aromatic heterocycles. The second-order valence-corrected chi connectivity index (χ2v) is 13.5. The molecular weight excluding hydrogens is 526 g/mol. The summed E-state index contributed by atoms with van der Waals surface area (Å²) in [4.78, 5) is 17.7. The molecule has 1 amide bonds. The maximum absolute atomic E-state index is 13.4. The van der Waals surface area contributed by atoms with Crippen molar-refractivity contribution in [1.82, 2.24) is 20.5 Å². The number of carbonyl (C=O) groups excluding carboxylic acids is 1. The van der Waals surface area contributed by atoms with Gasteiger partial charge in [-0.2, -0.15) is 5.10 Å². The first-order valence-corrected chi connectivity index (χ1v) is 15.3. The maximum Gasteiger partial charge on any atom is 0.407 e. The number of H-pyrrole nitrogens is 1. The summed E-state index contributed by atoms with van der Waals surface area (Å²) in [6, 6.07) is 7.10. The average Bonchev–Trinajstić information content (AvgIpc) is 3.48. The normalized spacial score (nSPS) is 19.9. The van der Waals surface area contributed by atoms with Crippen LogP contribution >= 0.6 is 11.3 Å². The highest BCUT2D eigenvalue weighted by Gasteiger charge is 2.39. The second kappa shape index (κ2) is 11.0. The Bertz CT molecular complexity index is 1390. The number of aliphatic hydroxyl groups is 1. The first kappa shape index (κ1) is 26.6. The number of aromatic amines is 1. The molecule has 3 aromatic rings. The molecule has 4 N–H and O–H groups in total. The molecule has 1 aromatic carbocycles. The zero-order valence-corrected chi connectivity index (χ0v) is 23.1. The van der Waals surface area contributed by atoms with E-state index < -0.39 is 9.84 Å². The number of amides is 1. The number of anilines is 2. The van der Waals surface area contributed by atoms with Gasteiger partial charge in [-0.1, -0.05) is 6.07 Å². The predicted molar refractivity (Wildman–Crippen MR) is 145 cm³/mol. The van der Waals surface area contributed by atoms with Gasteiger partial charge in [0.2, 0.25) is 0 Å². The first-order valence-electron chi connectivity index (χ1n) is 13.0. The van der Waals surface area contributed by atoms with Crippen LogP contribution in [0.15, 0.2) is 35.4 Å². The van der Waals surface area contributed by atoms with E-state index in [0.29, 0.717) is 40.5 Å². The maximum atomic E-state index is 13.4. The number of thiazole rings is 1. The van der Waals surface area contributed by atoms with Crippen LogP contribution in [-0.2, 0) is 21.2 Å². The molecule has 0 saturated heterocycles. The predicted octanol–water partition coefficient (Wildman–Crippen LogP) is 4.87. The highest BCUT2D eigenvalue weighted by molar-refractivity contribution is 7.92. The van der Waals surface area contributed by atoms with Crippen molar-refractivity contribution in [2.45, 2.75) is 87.2 Å². The quantitative estimate of drug-likeness (QED) is 0.291. The molecule has 0 atom stereocenters. The molecule has 0 bridgehead atoms. The molecule has 10 nitrogen and oxygen atoms in total. The summed E-state index contributed by atoms with van der Waals surface area (Å²) >= 11 is 1.54. The summed E-state index contributed by atoms with van der Waals surface area (Å²) < 4.78 is 32.0. The zero-order valence-electron chi connectivity index (χ0n) is 21.4. The van der Waals surface area contributed by atoms with E-state index in [1.54, 1.807) is 29.7 Å². The number of hydrogen-bond donors (Lipinski definition) is 4. The third kappa shape index (κ3) is 6.02. The Morgan fingerprint density at radius 1 is 1.18 bits per heavy atom. The highest BCUT2D eigenvalue weighted by atomic mass is 32.2. The van der Waals surface area contributed by atoms with Crippen molar-refractivity contribution in [3.05, 3.63) is 41.2 Å². The van der Waals surface area contributed by atoms with Gasteiger partial charge in [-0.3, -0.25) is 5.10 Å². The molecule has 2 aliphatic rings. The lowest BCUT2D eigenvalue weighted by Gasteiger charge is -2.28. The SMILES string of the molecule is CC(C)OC(=O)N[C@H]1CC[C@H](c2ncc(-c3ccc(Nc4cc(CO)[nH]n4)cc3S(=O)(=O)C3CC3)s2)CC1. The third-order valence-electron chi connectivity index (χ3n) is 6.86. The smallest absolute Gasteiger partial charge is 0.407 e. The Morgan fingerprint density at radius 3 is 2.61 bits per heavy atom. The minimum Gasteiger partial charge on any atom is -0.447 e. The van der Waals surface area contributed by atoms with Crippen LogP contribution in [0.5, 0.6) is 0 Å². The van der Waals surface area contributed by atoms with Crippen molar-refractivity contribution >= 4 is 38.8 Å². The molecule has 2 fully saturated rings. The van der Waals surface area contributed by atoms with E-state index in [4.69, 9.17) is 4.74 Å². The fourth-order valence-electron chi connectivity index (χ4n) is 4.75. The van der Waals surface area contributed by atoms with Gasteiger partial charge >= 0.3 is 6.09 Å². The van der Waals surface area contributed by atoms with Crippen LogP contribution in [0.25, 0.3) is 10.4 Å². The summed E-state index contributed by atoms with van der Waals surface area (Å²) in [5, 5.41) is 22.8. The van der Waals surface area contributed by atoms with E-state index in [9.17, 15) is 18.3 Å². The number of carbonyl (C=O) groups is 1. The van der Waals surface area contributed by atoms with E-state index in [1.165, 1.54) is 0 Å². The minimum atomic E-state index is -3.48. The molecule has 0 radical (unpaired) electrons. The van der Waals surface area contributed by atoms with Crippen molar-refractivity contribution in [2.75, 3.05) is 5.32 Å². The standard InChI is InChI=1S/C26H33N5O5S2/c1-15(2)36-26(33)29-17-5-3-16(4-6-17)25-27-13-22(37-25)21-10-7-18(28-24-12-19(14-32)30-31-24)11-23(21)38(34,35)20-8-9-20/h7,10-13,15-17,20,32H,3-6,8-9,14H2,1-2H3,(H,29,33)(H2,28,30,31)/t16-,17-. The van der Waals surface area contributed by atoms with E-state index in [1.807, 2.05) is 26.0 Å². The molecule has 204 valence electrons. The van der Waals surface area contributed by atoms with Gasteiger partial charge in [-0.25, -0.2) is 18.2 Å². The van der Waals surface area contributed by atoms with Gasteiger partial charge in [-0.15, -0.1) is 11.3 Å². The first-order chi connectivity index (χ1) is 18.2. The molecule has 2 saturated carbocycles. The number of nitrogens with zero attached hydrogens (tertiary/aromatic N) is 2. The summed E-state index contributed by atoms with van der Waals surface area (Å²) in [5.41, 5.74) is 1.83. The number of ether oxygens (including phenoxy) is 1. The van der Waals surface area contributed by atoms with Crippen LogP contribution in [-0.4, -0.2) is 52.2 Å². The lowest BCUT2D eigenvalue weighted by Crippen LogP contribution is -2.38. The Balaban J connectivity index is 1.33. The Hall–Kier alpha value is -2.96. The summed E-state index contributed by atoms with van der Waals surface area (Å²) in [7, 11) is -3.48. The topological polar surface area (TPSA) is 146 Å². The minimum absolute atomic E-state index is 0.0928. The Morgan fingerprint density at radius 2 is 1.95 bits per heavy atom. The van der Waals surface area contributed by atoms with Crippen LogP contribution in [0.1, 0.15) is 69.0 Å². The summed E-state index contributed by atoms with van der Waals surface area (Å²) in [5.74, 6) is 0.775. The van der Waals surface area contributed by atoms with Crippen molar-refractivity contribution in [3.8, 4) is 10.4 Å². The molecule has 2 heterocycles. The highest BCUT2D eigenvalue weighted by Crippen LogP contribution is 2.43. The van der Waals surface area contributed by atoms with E-state index in [0.717, 1.165) is 35.6 Å². The number of hydrogen-bond acceptors (Lipinski definition) is 9. The van der Waals surface area contributed by atoms with Crippen molar-refractivity contribution in [1.29, 1.82) is 0 Å². The van der Waals surface area contributed by atoms with Gasteiger partial charge < -0.3 is 20.5 Å². The van der Waals surface area contributed by atoms with Gasteiger partial charge in [0.25, 0.3) is 0 Å². The molecule has 2 aliphatic carbocycles.